The van der Waals surface area contributed by atoms with Crippen molar-refractivity contribution in [3.05, 3.63) is 60.8 Å². The SMILES string of the molecule is CC/C=C/C/C=C/C/C=C/CCCCCCCCC(=O)OC(CCCCCCCCC/C=C\C/C=C\CCCCC)CC(=O)NC(CO)C(O)CCCCCCCCCCCC. The Morgan fingerprint density at radius 1 is 0.484 bits per heavy atom. The molecule has 0 aliphatic heterocycles. The molecular weight excluding hydrogens is 767 g/mol. The van der Waals surface area contributed by atoms with E-state index in [9.17, 15) is 19.8 Å². The Labute approximate surface area is 384 Å². The molecule has 62 heavy (non-hydrogen) atoms. The van der Waals surface area contributed by atoms with Crippen LogP contribution in [0.2, 0.25) is 0 Å². The summed E-state index contributed by atoms with van der Waals surface area (Å²) in [5.74, 6) is -0.493. The van der Waals surface area contributed by atoms with Gasteiger partial charge in [0.25, 0.3) is 0 Å². The van der Waals surface area contributed by atoms with Crippen LogP contribution < -0.4 is 5.32 Å². The molecule has 0 bridgehead atoms. The molecule has 0 rings (SSSR count). The smallest absolute Gasteiger partial charge is 0.306 e. The summed E-state index contributed by atoms with van der Waals surface area (Å²) in [4.78, 5) is 26.2. The third kappa shape index (κ3) is 44.2. The monoisotopic (exact) mass is 868 g/mol. The molecule has 6 nitrogen and oxygen atoms in total. The van der Waals surface area contributed by atoms with Gasteiger partial charge in [-0.1, -0.05) is 216 Å². The van der Waals surface area contributed by atoms with E-state index in [0.29, 0.717) is 19.3 Å². The van der Waals surface area contributed by atoms with Gasteiger partial charge in [0.2, 0.25) is 5.91 Å². The first kappa shape index (κ1) is 59.6. The standard InChI is InChI=1S/C56H101NO5/c1-4-7-10-13-16-19-22-24-26-28-29-31-33-35-38-41-44-47-52(50-55(60)57-53(51-58)54(59)48-45-42-39-36-21-18-15-12-9-6-3)62-56(61)49-46-43-40-37-34-32-30-27-25-23-20-17-14-11-8-5-2/h8,11,16-17,19-20,24-27,52-54,58-59H,4-7,9-10,12-15,18,21-23,28-51H2,1-3H3,(H,57,60)/b11-8+,19-16-,20-17+,26-24-,27-25+. The zero-order valence-corrected chi connectivity index (χ0v) is 41.0. The van der Waals surface area contributed by atoms with Crippen molar-refractivity contribution in [1.82, 2.24) is 5.32 Å². The normalized spacial score (nSPS) is 13.7. The van der Waals surface area contributed by atoms with Gasteiger partial charge in [-0.2, -0.15) is 0 Å². The molecule has 0 spiro atoms. The summed E-state index contributed by atoms with van der Waals surface area (Å²) >= 11 is 0. The molecule has 0 aromatic carbocycles. The average Bonchev–Trinajstić information content (AvgIpc) is 3.26. The summed E-state index contributed by atoms with van der Waals surface area (Å²) in [5.41, 5.74) is 0. The number of hydrogen-bond donors (Lipinski definition) is 3. The Balaban J connectivity index is 4.61. The third-order valence-electron chi connectivity index (χ3n) is 11.8. The molecule has 3 unspecified atom stereocenters. The number of aliphatic hydroxyl groups excluding tert-OH is 2. The largest absolute Gasteiger partial charge is 0.462 e. The number of amides is 1. The maximum absolute atomic E-state index is 13.2. The van der Waals surface area contributed by atoms with Crippen molar-refractivity contribution in [2.45, 2.75) is 277 Å². The first-order valence-corrected chi connectivity index (χ1v) is 26.5. The lowest BCUT2D eigenvalue weighted by molar-refractivity contribution is -0.151. The average molecular weight is 868 g/mol. The van der Waals surface area contributed by atoms with E-state index in [1.165, 1.54) is 116 Å². The fourth-order valence-corrected chi connectivity index (χ4v) is 7.83. The molecule has 0 aliphatic rings. The van der Waals surface area contributed by atoms with Crippen LogP contribution in [0.1, 0.15) is 258 Å². The molecule has 0 aliphatic carbocycles. The summed E-state index contributed by atoms with van der Waals surface area (Å²) in [7, 11) is 0. The van der Waals surface area contributed by atoms with Crippen molar-refractivity contribution < 1.29 is 24.5 Å². The Bertz CT molecular complexity index is 1110. The number of unbranched alkanes of at least 4 members (excludes halogenated alkanes) is 25. The highest BCUT2D eigenvalue weighted by atomic mass is 16.5. The highest BCUT2D eigenvalue weighted by molar-refractivity contribution is 5.77. The van der Waals surface area contributed by atoms with Gasteiger partial charge in [-0.15, -0.1) is 0 Å². The molecule has 360 valence electrons. The fourth-order valence-electron chi connectivity index (χ4n) is 7.83. The Morgan fingerprint density at radius 3 is 1.35 bits per heavy atom. The van der Waals surface area contributed by atoms with Gasteiger partial charge < -0.3 is 20.3 Å². The lowest BCUT2D eigenvalue weighted by Gasteiger charge is -2.24. The summed E-state index contributed by atoms with van der Waals surface area (Å²) in [6, 6.07) is -0.707. The van der Waals surface area contributed by atoms with E-state index in [0.717, 1.165) is 96.3 Å². The Hall–Kier alpha value is -2.44. The topological polar surface area (TPSA) is 95.9 Å². The van der Waals surface area contributed by atoms with Gasteiger partial charge >= 0.3 is 5.97 Å². The highest BCUT2D eigenvalue weighted by Gasteiger charge is 2.24. The van der Waals surface area contributed by atoms with Crippen LogP contribution >= 0.6 is 0 Å². The van der Waals surface area contributed by atoms with Crippen LogP contribution in [0.3, 0.4) is 0 Å². The van der Waals surface area contributed by atoms with E-state index in [-0.39, 0.29) is 24.9 Å². The van der Waals surface area contributed by atoms with E-state index in [2.05, 4.69) is 86.8 Å². The lowest BCUT2D eigenvalue weighted by atomic mass is 10.0. The van der Waals surface area contributed by atoms with Crippen molar-refractivity contribution in [2.24, 2.45) is 0 Å². The molecule has 6 heteroatoms. The van der Waals surface area contributed by atoms with Gasteiger partial charge in [-0.05, 0) is 89.9 Å². The number of ether oxygens (including phenoxy) is 1. The highest BCUT2D eigenvalue weighted by Crippen LogP contribution is 2.18. The maximum atomic E-state index is 13.2. The number of hydrogen-bond acceptors (Lipinski definition) is 5. The molecule has 0 heterocycles. The van der Waals surface area contributed by atoms with E-state index >= 15 is 0 Å². The van der Waals surface area contributed by atoms with Crippen LogP contribution in [0.5, 0.6) is 0 Å². The van der Waals surface area contributed by atoms with E-state index in [1.807, 2.05) is 0 Å². The quantitative estimate of drug-likeness (QED) is 0.0322. The number of rotatable bonds is 47. The van der Waals surface area contributed by atoms with Crippen molar-refractivity contribution in [1.29, 1.82) is 0 Å². The van der Waals surface area contributed by atoms with Crippen LogP contribution in [-0.2, 0) is 14.3 Å². The number of carbonyl (C=O) groups excluding carboxylic acids is 2. The van der Waals surface area contributed by atoms with E-state index in [4.69, 9.17) is 4.74 Å². The number of allylic oxidation sites excluding steroid dienone is 10. The number of esters is 1. The third-order valence-corrected chi connectivity index (χ3v) is 11.8. The molecule has 0 aromatic rings. The predicted octanol–water partition coefficient (Wildman–Crippen LogP) is 16.0. The second kappa shape index (κ2) is 49.6. The first-order valence-electron chi connectivity index (χ1n) is 26.5. The molecule has 0 saturated carbocycles. The molecule has 1 amide bonds. The molecule has 0 fully saturated rings. The van der Waals surface area contributed by atoms with Crippen molar-refractivity contribution >= 4 is 11.9 Å². The Kier molecular flexibility index (Phi) is 47.6. The van der Waals surface area contributed by atoms with Gasteiger partial charge in [0.1, 0.15) is 6.10 Å². The van der Waals surface area contributed by atoms with Crippen molar-refractivity contribution in [3.8, 4) is 0 Å². The predicted molar refractivity (Wildman–Crippen MR) is 268 cm³/mol. The van der Waals surface area contributed by atoms with Crippen molar-refractivity contribution in [2.75, 3.05) is 6.61 Å². The Morgan fingerprint density at radius 2 is 0.871 bits per heavy atom. The van der Waals surface area contributed by atoms with Gasteiger partial charge in [0, 0.05) is 6.42 Å². The number of aliphatic hydroxyl groups is 2. The van der Waals surface area contributed by atoms with Crippen LogP contribution in [0.25, 0.3) is 0 Å². The number of nitrogens with one attached hydrogen (secondary N) is 1. The van der Waals surface area contributed by atoms with Gasteiger partial charge in [-0.25, -0.2) is 0 Å². The summed E-state index contributed by atoms with van der Waals surface area (Å²) in [6.07, 6.45) is 61.3. The minimum absolute atomic E-state index is 0.0659. The van der Waals surface area contributed by atoms with Gasteiger partial charge in [-0.3, -0.25) is 9.59 Å². The minimum atomic E-state index is -0.792. The summed E-state index contributed by atoms with van der Waals surface area (Å²) in [6.45, 7) is 6.34. The molecule has 3 N–H and O–H groups in total. The molecule has 0 saturated heterocycles. The van der Waals surface area contributed by atoms with E-state index in [1.54, 1.807) is 0 Å². The lowest BCUT2D eigenvalue weighted by Crippen LogP contribution is -2.46. The van der Waals surface area contributed by atoms with Gasteiger partial charge in [0.05, 0.1) is 25.2 Å². The fraction of sp³-hybridized carbons (Fsp3) is 0.786. The molecular formula is C56H101NO5. The number of carbonyl (C=O) groups is 2. The zero-order chi connectivity index (χ0) is 45.2. The second-order valence-electron chi connectivity index (χ2n) is 17.9. The van der Waals surface area contributed by atoms with Crippen LogP contribution in [-0.4, -0.2) is 46.9 Å². The summed E-state index contributed by atoms with van der Waals surface area (Å²) in [5, 5.41) is 23.7. The second-order valence-corrected chi connectivity index (χ2v) is 17.9. The summed E-state index contributed by atoms with van der Waals surface area (Å²) < 4.78 is 5.94. The molecule has 0 radical (unpaired) electrons. The van der Waals surface area contributed by atoms with Crippen LogP contribution in [0.15, 0.2) is 60.8 Å². The first-order chi connectivity index (χ1) is 30.5. The van der Waals surface area contributed by atoms with Crippen LogP contribution in [0, 0.1) is 0 Å². The molecule has 0 aromatic heterocycles. The molecule has 3 atom stereocenters. The van der Waals surface area contributed by atoms with Gasteiger partial charge in [0.15, 0.2) is 0 Å². The van der Waals surface area contributed by atoms with Crippen LogP contribution in [0.4, 0.5) is 0 Å². The van der Waals surface area contributed by atoms with E-state index < -0.39 is 18.2 Å². The minimum Gasteiger partial charge on any atom is -0.462 e. The zero-order valence-electron chi connectivity index (χ0n) is 41.0. The maximum Gasteiger partial charge on any atom is 0.306 e. The van der Waals surface area contributed by atoms with Crippen molar-refractivity contribution in [3.63, 3.8) is 0 Å².